The minimum Gasteiger partial charge on any atom is -0.380 e. The van der Waals surface area contributed by atoms with Gasteiger partial charge in [-0.3, -0.25) is 0 Å². The van der Waals surface area contributed by atoms with Crippen LogP contribution in [0.1, 0.15) is 0 Å². The van der Waals surface area contributed by atoms with Crippen molar-refractivity contribution in [1.29, 1.82) is 0 Å². The molecule has 0 saturated carbocycles. The van der Waals surface area contributed by atoms with Gasteiger partial charge in [0.15, 0.2) is 0 Å². The molecular formula is C12H15BrF2N2O. The Morgan fingerprint density at radius 1 is 1.44 bits per heavy atom. The van der Waals surface area contributed by atoms with Gasteiger partial charge >= 0.3 is 0 Å². The van der Waals surface area contributed by atoms with Crippen LogP contribution in [0.25, 0.3) is 0 Å². The quantitative estimate of drug-likeness (QED) is 0.866. The van der Waals surface area contributed by atoms with Crippen LogP contribution in [0.15, 0.2) is 16.6 Å². The van der Waals surface area contributed by atoms with Gasteiger partial charge in [-0.1, -0.05) is 0 Å². The summed E-state index contributed by atoms with van der Waals surface area (Å²) in [5.41, 5.74) is 0.278. The zero-order valence-corrected chi connectivity index (χ0v) is 11.6. The molecule has 1 heterocycles. The van der Waals surface area contributed by atoms with Gasteiger partial charge in [-0.05, 0) is 29.0 Å². The summed E-state index contributed by atoms with van der Waals surface area (Å²) in [5, 5.41) is 2.95. The van der Waals surface area contributed by atoms with E-state index in [1.54, 1.807) is 0 Å². The number of likely N-dealkylation sites (N-methyl/N-ethyl adjacent to an activating group) is 1. The molecule has 0 spiro atoms. The Morgan fingerprint density at radius 3 is 2.94 bits per heavy atom. The molecule has 0 aliphatic carbocycles. The van der Waals surface area contributed by atoms with Gasteiger partial charge in [-0.2, -0.15) is 0 Å². The van der Waals surface area contributed by atoms with Gasteiger partial charge < -0.3 is 15.0 Å². The van der Waals surface area contributed by atoms with Crippen LogP contribution in [0, 0.1) is 11.6 Å². The lowest BCUT2D eigenvalue weighted by atomic mass is 10.2. The number of benzene rings is 1. The number of anilines is 1. The first kappa shape index (κ1) is 13.7. The fourth-order valence-corrected chi connectivity index (χ4v) is 2.22. The van der Waals surface area contributed by atoms with Gasteiger partial charge in [0.25, 0.3) is 0 Å². The molecule has 1 saturated heterocycles. The molecule has 0 aromatic heterocycles. The van der Waals surface area contributed by atoms with E-state index in [9.17, 15) is 8.78 Å². The standard InChI is InChI=1S/C12H15BrF2N2O/c1-17-2-3-18-8(7-17)6-16-12-4-9(13)10(14)5-11(12)15/h4-5,8,16H,2-3,6-7H2,1H3. The van der Waals surface area contributed by atoms with Gasteiger partial charge in [0.2, 0.25) is 0 Å². The van der Waals surface area contributed by atoms with Crippen molar-refractivity contribution in [2.45, 2.75) is 6.10 Å². The maximum atomic E-state index is 13.5. The third-order valence-electron chi connectivity index (χ3n) is 2.87. The van der Waals surface area contributed by atoms with Crippen molar-refractivity contribution in [3.63, 3.8) is 0 Å². The Bertz CT molecular complexity index is 431. The predicted octanol–water partition coefficient (Wildman–Crippen LogP) is 2.47. The lowest BCUT2D eigenvalue weighted by Crippen LogP contribution is -2.43. The van der Waals surface area contributed by atoms with E-state index < -0.39 is 11.6 Å². The molecule has 1 aliphatic heterocycles. The SMILES string of the molecule is CN1CCOC(CNc2cc(Br)c(F)cc2F)C1. The van der Waals surface area contributed by atoms with Crippen LogP contribution in [-0.4, -0.2) is 44.3 Å². The average molecular weight is 321 g/mol. The van der Waals surface area contributed by atoms with Gasteiger partial charge in [0.1, 0.15) is 11.6 Å². The number of rotatable bonds is 3. The molecule has 1 aromatic rings. The fraction of sp³-hybridized carbons (Fsp3) is 0.500. The van der Waals surface area contributed by atoms with Crippen molar-refractivity contribution in [2.24, 2.45) is 0 Å². The van der Waals surface area contributed by atoms with Gasteiger partial charge in [0.05, 0.1) is 22.9 Å². The fourth-order valence-electron chi connectivity index (χ4n) is 1.87. The van der Waals surface area contributed by atoms with Crippen LogP contribution in [-0.2, 0) is 4.74 Å². The molecule has 18 heavy (non-hydrogen) atoms. The van der Waals surface area contributed by atoms with Crippen molar-refractivity contribution < 1.29 is 13.5 Å². The van der Waals surface area contributed by atoms with E-state index in [0.717, 1.165) is 19.2 Å². The van der Waals surface area contributed by atoms with E-state index in [-0.39, 0.29) is 16.3 Å². The summed E-state index contributed by atoms with van der Waals surface area (Å²) < 4.78 is 32.3. The summed E-state index contributed by atoms with van der Waals surface area (Å²) in [6.07, 6.45) is 0.0204. The largest absolute Gasteiger partial charge is 0.380 e. The number of hydrogen-bond donors (Lipinski definition) is 1. The Balaban J connectivity index is 1.95. The van der Waals surface area contributed by atoms with Crippen LogP contribution < -0.4 is 5.32 Å². The molecule has 1 unspecified atom stereocenters. The lowest BCUT2D eigenvalue weighted by molar-refractivity contribution is -0.0117. The number of halogens is 3. The monoisotopic (exact) mass is 320 g/mol. The number of hydrogen-bond acceptors (Lipinski definition) is 3. The summed E-state index contributed by atoms with van der Waals surface area (Å²) in [4.78, 5) is 2.16. The predicted molar refractivity (Wildman–Crippen MR) is 69.8 cm³/mol. The molecule has 1 N–H and O–H groups in total. The highest BCUT2D eigenvalue weighted by Crippen LogP contribution is 2.23. The first-order chi connectivity index (χ1) is 8.56. The Morgan fingerprint density at radius 2 is 2.22 bits per heavy atom. The van der Waals surface area contributed by atoms with E-state index >= 15 is 0 Å². The van der Waals surface area contributed by atoms with Crippen LogP contribution in [0.5, 0.6) is 0 Å². The molecule has 0 amide bonds. The van der Waals surface area contributed by atoms with Gasteiger partial charge in [0, 0.05) is 25.7 Å². The molecule has 2 rings (SSSR count). The van der Waals surface area contributed by atoms with Crippen LogP contribution in [0.4, 0.5) is 14.5 Å². The first-order valence-corrected chi connectivity index (χ1v) is 6.54. The second kappa shape index (κ2) is 5.95. The Kier molecular flexibility index (Phi) is 4.53. The molecule has 1 aliphatic rings. The number of morpholine rings is 1. The third-order valence-corrected chi connectivity index (χ3v) is 3.48. The molecule has 6 heteroatoms. The topological polar surface area (TPSA) is 24.5 Å². The molecule has 100 valence electrons. The second-order valence-corrected chi connectivity index (χ2v) is 5.24. The molecule has 3 nitrogen and oxygen atoms in total. The van der Waals surface area contributed by atoms with Crippen molar-refractivity contribution in [1.82, 2.24) is 4.90 Å². The molecular weight excluding hydrogens is 306 g/mol. The van der Waals surface area contributed by atoms with E-state index in [1.807, 2.05) is 7.05 Å². The van der Waals surface area contributed by atoms with Crippen molar-refractivity contribution in [3.05, 3.63) is 28.2 Å². The maximum absolute atomic E-state index is 13.5. The van der Waals surface area contributed by atoms with Crippen LogP contribution >= 0.6 is 15.9 Å². The zero-order valence-electron chi connectivity index (χ0n) is 10.0. The van der Waals surface area contributed by atoms with Gasteiger partial charge in [-0.25, -0.2) is 8.78 Å². The first-order valence-electron chi connectivity index (χ1n) is 5.75. The Labute approximate surface area is 113 Å². The maximum Gasteiger partial charge on any atom is 0.149 e. The summed E-state index contributed by atoms with van der Waals surface area (Å²) in [7, 11) is 2.02. The number of nitrogens with zero attached hydrogens (tertiary/aromatic N) is 1. The minimum absolute atomic E-state index is 0.0204. The number of nitrogens with one attached hydrogen (secondary N) is 1. The minimum atomic E-state index is -0.605. The summed E-state index contributed by atoms with van der Waals surface area (Å²) in [6.45, 7) is 2.89. The lowest BCUT2D eigenvalue weighted by Gasteiger charge is -2.30. The highest BCUT2D eigenvalue weighted by atomic mass is 79.9. The van der Waals surface area contributed by atoms with Crippen molar-refractivity contribution in [2.75, 3.05) is 38.6 Å². The van der Waals surface area contributed by atoms with E-state index in [0.29, 0.717) is 13.2 Å². The summed E-state index contributed by atoms with van der Waals surface area (Å²) >= 11 is 3.03. The summed E-state index contributed by atoms with van der Waals surface area (Å²) in [6, 6.07) is 2.26. The Hall–Kier alpha value is -0.720. The van der Waals surface area contributed by atoms with E-state index in [2.05, 4.69) is 26.1 Å². The molecule has 1 fully saturated rings. The molecule has 1 aromatic carbocycles. The van der Waals surface area contributed by atoms with E-state index in [4.69, 9.17) is 4.74 Å². The van der Waals surface area contributed by atoms with Crippen molar-refractivity contribution in [3.8, 4) is 0 Å². The summed E-state index contributed by atoms with van der Waals surface area (Å²) in [5.74, 6) is -1.20. The molecule has 0 radical (unpaired) electrons. The smallest absolute Gasteiger partial charge is 0.149 e. The number of ether oxygens (including phenoxy) is 1. The van der Waals surface area contributed by atoms with Gasteiger partial charge in [-0.15, -0.1) is 0 Å². The second-order valence-electron chi connectivity index (χ2n) is 4.38. The van der Waals surface area contributed by atoms with E-state index in [1.165, 1.54) is 6.07 Å². The normalized spacial score (nSPS) is 21.0. The van der Waals surface area contributed by atoms with Crippen molar-refractivity contribution >= 4 is 21.6 Å². The molecule has 0 bridgehead atoms. The highest BCUT2D eigenvalue weighted by Gasteiger charge is 2.18. The third kappa shape index (κ3) is 3.40. The van der Waals surface area contributed by atoms with Crippen LogP contribution in [0.3, 0.4) is 0 Å². The van der Waals surface area contributed by atoms with Crippen LogP contribution in [0.2, 0.25) is 0 Å². The molecule has 1 atom stereocenters. The zero-order chi connectivity index (χ0) is 13.1. The average Bonchev–Trinajstić information content (AvgIpc) is 2.32. The highest BCUT2D eigenvalue weighted by molar-refractivity contribution is 9.10.